The van der Waals surface area contributed by atoms with Crippen LogP contribution in [-0.4, -0.2) is 145 Å². The molecule has 2 bridgehead atoms. The normalized spacial score (nSPS) is 38.5. The standard InChI is InChI=1S/C58H91NO14/c1-10-46-53(62)40(6)28-36(2)16-12-11-13-17-37(3)50(70-26-23-44-34-69-35-44)32-45-21-19-42(8)58(67,73-45)55(64)56(65)59-24-15-14-18-47(59)57(66)72-51(33-48(61)38(4)29-41(7)54(46)63)39(5)30-43-20-22-49(71-27-25-60)52(31-43)68-9/h11-13,16-17,29,36,38-40,42-47,49-52,54,60,63,67H,10,14-15,18-28,30-35H2,1-9H3/b13-11+,16-12+,37-17+,41-29+. The van der Waals surface area contributed by atoms with E-state index in [1.807, 2.05) is 52.0 Å². The van der Waals surface area contributed by atoms with Crippen LogP contribution in [0.1, 0.15) is 145 Å². The van der Waals surface area contributed by atoms with Crippen molar-refractivity contribution in [1.82, 2.24) is 4.90 Å². The number of rotatable bonds is 12. The van der Waals surface area contributed by atoms with E-state index < -0.39 is 71.7 Å². The Balaban J connectivity index is 1.46. The van der Waals surface area contributed by atoms with Gasteiger partial charge in [0.1, 0.15) is 23.7 Å². The van der Waals surface area contributed by atoms with Gasteiger partial charge in [-0.2, -0.15) is 0 Å². The number of aliphatic hydroxyl groups excluding tert-OH is 2. The molecule has 412 valence electrons. The van der Waals surface area contributed by atoms with Crippen LogP contribution in [0.15, 0.2) is 47.6 Å². The molecule has 0 aromatic rings. The Hall–Kier alpha value is -3.41. The minimum Gasteiger partial charge on any atom is -0.460 e. The zero-order valence-electron chi connectivity index (χ0n) is 45.5. The first-order chi connectivity index (χ1) is 34.8. The van der Waals surface area contributed by atoms with Crippen molar-refractivity contribution in [2.45, 2.75) is 194 Å². The van der Waals surface area contributed by atoms with Gasteiger partial charge in [0.2, 0.25) is 5.79 Å². The zero-order valence-corrected chi connectivity index (χ0v) is 45.5. The number of hydrogen-bond acceptors (Lipinski definition) is 14. The van der Waals surface area contributed by atoms with E-state index in [0.717, 1.165) is 18.4 Å². The summed E-state index contributed by atoms with van der Waals surface area (Å²) in [7, 11) is 1.64. The fraction of sp³-hybridized carbons (Fsp3) is 0.776. The summed E-state index contributed by atoms with van der Waals surface area (Å²) in [6.07, 6.45) is 15.2. The number of piperidine rings is 1. The second-order valence-corrected chi connectivity index (χ2v) is 22.3. The number of cyclic esters (lactones) is 1. The predicted octanol–water partition coefficient (Wildman–Crippen LogP) is 7.62. The van der Waals surface area contributed by atoms with E-state index in [0.29, 0.717) is 95.5 Å². The number of nitrogens with zero attached hydrogens (tertiary/aromatic N) is 1. The van der Waals surface area contributed by atoms with Gasteiger partial charge in [0.05, 0.1) is 56.9 Å². The molecule has 15 heteroatoms. The number of hydrogen-bond donors (Lipinski definition) is 3. The predicted molar refractivity (Wildman–Crippen MR) is 277 cm³/mol. The van der Waals surface area contributed by atoms with Crippen LogP contribution in [0.4, 0.5) is 0 Å². The number of fused-ring (bicyclic) bond motifs is 3. The Morgan fingerprint density at radius 3 is 2.30 bits per heavy atom. The smallest absolute Gasteiger partial charge is 0.329 e. The van der Waals surface area contributed by atoms with Gasteiger partial charge < -0.3 is 48.6 Å². The number of carbonyl (C=O) groups is 5. The minimum atomic E-state index is -2.44. The average Bonchev–Trinajstić information content (AvgIpc) is 3.35. The first-order valence-corrected chi connectivity index (χ1v) is 27.7. The Morgan fingerprint density at radius 2 is 1.62 bits per heavy atom. The maximum Gasteiger partial charge on any atom is 0.329 e. The van der Waals surface area contributed by atoms with Crippen molar-refractivity contribution >= 4 is 29.2 Å². The fourth-order valence-corrected chi connectivity index (χ4v) is 11.6. The van der Waals surface area contributed by atoms with E-state index in [2.05, 4.69) is 13.0 Å². The molecule has 15 unspecified atom stereocenters. The molecule has 0 spiro atoms. The number of ketones is 3. The third kappa shape index (κ3) is 16.8. The lowest BCUT2D eigenvalue weighted by Gasteiger charge is -2.43. The highest BCUT2D eigenvalue weighted by molar-refractivity contribution is 6.39. The number of esters is 1. The number of amides is 1. The van der Waals surface area contributed by atoms with Crippen LogP contribution in [0.5, 0.6) is 0 Å². The molecule has 3 saturated heterocycles. The second-order valence-electron chi connectivity index (χ2n) is 22.3. The lowest BCUT2D eigenvalue weighted by molar-refractivity contribution is -0.266. The number of carbonyl (C=O) groups excluding carboxylic acids is 5. The van der Waals surface area contributed by atoms with Crippen molar-refractivity contribution in [3.8, 4) is 0 Å². The number of Topliss-reactive ketones (excluding diaryl/α,β-unsaturated/α-hetero) is 3. The summed E-state index contributed by atoms with van der Waals surface area (Å²) in [5.74, 6) is -7.68. The first kappa shape index (κ1) is 60.5. The summed E-state index contributed by atoms with van der Waals surface area (Å²) in [5, 5.41) is 33.2. The average molecular weight is 1030 g/mol. The van der Waals surface area contributed by atoms with Crippen molar-refractivity contribution in [3.05, 3.63) is 47.6 Å². The number of ether oxygens (including phenoxy) is 6. The molecule has 15 atom stereocenters. The summed E-state index contributed by atoms with van der Waals surface area (Å²) in [6.45, 7) is 17.0. The van der Waals surface area contributed by atoms with E-state index in [1.165, 1.54) is 4.90 Å². The third-order valence-electron chi connectivity index (χ3n) is 16.5. The molecule has 1 aliphatic carbocycles. The molecule has 0 radical (unpaired) electrons. The molecule has 1 saturated carbocycles. The molecule has 5 rings (SSSR count). The maximum atomic E-state index is 14.6. The topological polar surface area (TPSA) is 205 Å². The fourth-order valence-electron chi connectivity index (χ4n) is 11.6. The van der Waals surface area contributed by atoms with Gasteiger partial charge in [-0.3, -0.25) is 19.2 Å². The van der Waals surface area contributed by atoms with Crippen LogP contribution in [0.2, 0.25) is 0 Å². The van der Waals surface area contributed by atoms with E-state index in [-0.39, 0.29) is 80.0 Å². The molecule has 5 aliphatic rings. The van der Waals surface area contributed by atoms with Crippen molar-refractivity contribution in [1.29, 1.82) is 0 Å². The van der Waals surface area contributed by atoms with Crippen molar-refractivity contribution < 1.29 is 67.7 Å². The molecule has 0 aromatic carbocycles. The molecular formula is C58H91NO14. The summed E-state index contributed by atoms with van der Waals surface area (Å²) >= 11 is 0. The largest absolute Gasteiger partial charge is 0.460 e. The van der Waals surface area contributed by atoms with Crippen LogP contribution in [0.3, 0.4) is 0 Å². The lowest BCUT2D eigenvalue weighted by atomic mass is 9.78. The zero-order chi connectivity index (χ0) is 53.4. The molecule has 1 amide bonds. The highest BCUT2D eigenvalue weighted by Crippen LogP contribution is 2.38. The van der Waals surface area contributed by atoms with Gasteiger partial charge in [0.15, 0.2) is 0 Å². The molecule has 4 aliphatic heterocycles. The van der Waals surface area contributed by atoms with Gasteiger partial charge in [0, 0.05) is 62.7 Å². The van der Waals surface area contributed by atoms with E-state index >= 15 is 0 Å². The van der Waals surface area contributed by atoms with Crippen LogP contribution in [0, 0.1) is 47.3 Å². The highest BCUT2D eigenvalue weighted by atomic mass is 16.6. The first-order valence-electron chi connectivity index (χ1n) is 27.7. The van der Waals surface area contributed by atoms with E-state index in [9.17, 15) is 39.3 Å². The number of methoxy groups -OCH3 is 1. The van der Waals surface area contributed by atoms with Crippen LogP contribution >= 0.6 is 0 Å². The number of allylic oxidation sites excluding steroid dienone is 6. The van der Waals surface area contributed by atoms with Crippen molar-refractivity contribution in [2.75, 3.05) is 46.7 Å². The molecule has 73 heavy (non-hydrogen) atoms. The maximum absolute atomic E-state index is 14.6. The van der Waals surface area contributed by atoms with Gasteiger partial charge in [-0.05, 0) is 120 Å². The molecular weight excluding hydrogens is 935 g/mol. The van der Waals surface area contributed by atoms with Gasteiger partial charge in [0.25, 0.3) is 11.7 Å². The lowest BCUT2D eigenvalue weighted by Crippen LogP contribution is -2.61. The Bertz CT molecular complexity index is 1940. The highest BCUT2D eigenvalue weighted by Gasteiger charge is 2.53. The van der Waals surface area contributed by atoms with Gasteiger partial charge in [-0.15, -0.1) is 0 Å². The van der Waals surface area contributed by atoms with Crippen molar-refractivity contribution in [3.63, 3.8) is 0 Å². The van der Waals surface area contributed by atoms with Crippen LogP contribution in [0.25, 0.3) is 0 Å². The summed E-state index contributed by atoms with van der Waals surface area (Å²) in [5.41, 5.74) is 1.43. The van der Waals surface area contributed by atoms with Gasteiger partial charge >= 0.3 is 5.97 Å². The van der Waals surface area contributed by atoms with Crippen molar-refractivity contribution in [2.24, 2.45) is 47.3 Å². The SMILES string of the molecule is CCC1C(=O)C(C)CC(C)/C=C/C=C/C=C(\C)C(OCCC2COC2)CC2CCC(C)C(O)(O2)C(=O)C(=O)N2CCCCC2C(=O)OC(C(C)CC2CCC(OCCO)C(OC)C2)CC(=O)C(C)/C=C(\C)C1O. The Morgan fingerprint density at radius 1 is 0.863 bits per heavy atom. The summed E-state index contributed by atoms with van der Waals surface area (Å²) in [6, 6.07) is -1.14. The Labute approximate surface area is 435 Å². The molecule has 4 heterocycles. The van der Waals surface area contributed by atoms with Gasteiger partial charge in [-0.1, -0.05) is 78.0 Å². The minimum absolute atomic E-state index is 0.0341. The quantitative estimate of drug-likeness (QED) is 0.0978. The van der Waals surface area contributed by atoms with Gasteiger partial charge in [-0.25, -0.2) is 4.79 Å². The molecule has 3 N–H and O–H groups in total. The Kier molecular flexibility index (Phi) is 24.2. The number of aliphatic hydroxyl groups is 3. The second kappa shape index (κ2) is 29.2. The van der Waals surface area contributed by atoms with E-state index in [1.54, 1.807) is 34.0 Å². The monoisotopic (exact) mass is 1030 g/mol. The summed E-state index contributed by atoms with van der Waals surface area (Å²) < 4.78 is 36.3. The third-order valence-corrected chi connectivity index (χ3v) is 16.5. The molecule has 15 nitrogen and oxygen atoms in total. The van der Waals surface area contributed by atoms with Crippen LogP contribution in [-0.2, 0) is 52.4 Å². The van der Waals surface area contributed by atoms with Crippen LogP contribution < -0.4 is 0 Å². The molecule has 4 fully saturated rings. The molecule has 0 aromatic heterocycles. The summed E-state index contributed by atoms with van der Waals surface area (Å²) in [4.78, 5) is 73.0. The van der Waals surface area contributed by atoms with E-state index in [4.69, 9.17) is 28.4 Å².